The maximum atomic E-state index is 12.1. The van der Waals surface area contributed by atoms with Gasteiger partial charge in [0.15, 0.2) is 0 Å². The minimum absolute atomic E-state index is 0.203. The summed E-state index contributed by atoms with van der Waals surface area (Å²) in [6.45, 7) is 7.36. The summed E-state index contributed by atoms with van der Waals surface area (Å²) in [5, 5.41) is 4.12. The van der Waals surface area contributed by atoms with Gasteiger partial charge >= 0.3 is 12.1 Å². The number of hydrogen-bond acceptors (Lipinski definition) is 6. The second-order valence-corrected chi connectivity index (χ2v) is 5.55. The highest BCUT2D eigenvalue weighted by atomic mass is 16.6. The molecule has 7 heteroatoms. The van der Waals surface area contributed by atoms with E-state index in [4.69, 9.17) is 13.9 Å². The fraction of sp³-hybridized carbons (Fsp3) is 0.562. The van der Waals surface area contributed by atoms with Crippen molar-refractivity contribution in [3.8, 4) is 0 Å². The largest absolute Gasteiger partial charge is 0.457 e. The molecule has 1 aromatic heterocycles. The molecule has 0 unspecified atom stereocenters. The van der Waals surface area contributed by atoms with Crippen LogP contribution >= 0.6 is 0 Å². The van der Waals surface area contributed by atoms with Crippen LogP contribution in [0, 0.1) is 6.92 Å². The molecule has 0 aliphatic heterocycles. The Bertz CT molecular complexity index is 631. The molecule has 0 atom stereocenters. The van der Waals surface area contributed by atoms with Crippen LogP contribution < -0.4 is 5.43 Å². The van der Waals surface area contributed by atoms with Crippen LogP contribution in [0.2, 0.25) is 0 Å². The summed E-state index contributed by atoms with van der Waals surface area (Å²) in [6.07, 6.45) is 1.43. The number of furan rings is 1. The lowest BCUT2D eigenvalue weighted by molar-refractivity contribution is 0.0338. The van der Waals surface area contributed by atoms with Crippen molar-refractivity contribution in [1.82, 2.24) is 5.43 Å². The van der Waals surface area contributed by atoms with Crippen molar-refractivity contribution in [2.24, 2.45) is 5.10 Å². The minimum atomic E-state index is -0.604. The van der Waals surface area contributed by atoms with Crippen molar-refractivity contribution in [2.45, 2.75) is 53.1 Å². The second-order valence-electron chi connectivity index (χ2n) is 5.55. The van der Waals surface area contributed by atoms with Gasteiger partial charge in [0.2, 0.25) is 5.76 Å². The van der Waals surface area contributed by atoms with Crippen molar-refractivity contribution in [3.05, 3.63) is 22.6 Å². The number of carbonyl (C=O) groups is 2. The van der Waals surface area contributed by atoms with Crippen molar-refractivity contribution >= 4 is 17.8 Å². The Kier molecular flexibility index (Phi) is 5.41. The van der Waals surface area contributed by atoms with Crippen LogP contribution in [-0.2, 0) is 15.9 Å². The lowest BCUT2D eigenvalue weighted by atomic mass is 9.93. The molecular formula is C16H22N2O5. The average molecular weight is 322 g/mol. The number of amides is 1. The van der Waals surface area contributed by atoms with Crippen LogP contribution in [0.1, 0.15) is 61.1 Å². The molecule has 0 radical (unpaired) electrons. The van der Waals surface area contributed by atoms with Crippen LogP contribution in [0.5, 0.6) is 0 Å². The van der Waals surface area contributed by atoms with E-state index in [1.807, 2.05) is 0 Å². The summed E-state index contributed by atoms with van der Waals surface area (Å²) in [7, 11) is 0. The highest BCUT2D eigenvalue weighted by Crippen LogP contribution is 2.30. The van der Waals surface area contributed by atoms with E-state index in [1.165, 1.54) is 0 Å². The first-order valence-electron chi connectivity index (χ1n) is 7.77. The molecule has 0 spiro atoms. The molecule has 1 amide bonds. The molecule has 1 heterocycles. The van der Waals surface area contributed by atoms with Gasteiger partial charge < -0.3 is 13.9 Å². The van der Waals surface area contributed by atoms with Gasteiger partial charge in [0, 0.05) is 17.5 Å². The Morgan fingerprint density at radius 2 is 2.09 bits per heavy atom. The zero-order valence-electron chi connectivity index (χ0n) is 13.9. The van der Waals surface area contributed by atoms with Gasteiger partial charge in [-0.1, -0.05) is 0 Å². The first-order chi connectivity index (χ1) is 10.9. The summed E-state index contributed by atoms with van der Waals surface area (Å²) in [6, 6.07) is 0. The number of carbonyl (C=O) groups excluding carboxylic acids is 2. The van der Waals surface area contributed by atoms with Crippen LogP contribution in [0.4, 0.5) is 4.79 Å². The molecule has 23 heavy (non-hydrogen) atoms. The van der Waals surface area contributed by atoms with Crippen molar-refractivity contribution in [3.63, 3.8) is 0 Å². The lowest BCUT2D eigenvalue weighted by Crippen LogP contribution is -2.22. The number of hydrazone groups is 1. The Balaban J connectivity index is 2.27. The van der Waals surface area contributed by atoms with E-state index in [-0.39, 0.29) is 18.5 Å². The number of rotatable bonds is 4. The van der Waals surface area contributed by atoms with Gasteiger partial charge in [-0.25, -0.2) is 15.0 Å². The van der Waals surface area contributed by atoms with Crippen LogP contribution in [0.25, 0.3) is 0 Å². The monoisotopic (exact) mass is 322 g/mol. The normalized spacial score (nSPS) is 15.4. The molecule has 1 N–H and O–H groups in total. The predicted molar refractivity (Wildman–Crippen MR) is 83.6 cm³/mol. The molecule has 126 valence electrons. The zero-order valence-corrected chi connectivity index (χ0v) is 13.9. The number of esters is 1. The maximum Gasteiger partial charge on any atom is 0.427 e. The van der Waals surface area contributed by atoms with Gasteiger partial charge in [0.25, 0.3) is 0 Å². The fourth-order valence-electron chi connectivity index (χ4n) is 2.52. The molecule has 1 aromatic rings. The second kappa shape index (κ2) is 7.30. The number of hydrogen-bond donors (Lipinski definition) is 1. The summed E-state index contributed by atoms with van der Waals surface area (Å²) in [5.41, 5.74) is 4.52. The molecule has 0 bridgehead atoms. The quantitative estimate of drug-likeness (QED) is 0.680. The summed E-state index contributed by atoms with van der Waals surface area (Å²) < 4.78 is 15.7. The number of ether oxygens (including phenoxy) is 2. The Morgan fingerprint density at radius 3 is 2.74 bits per heavy atom. The Labute approximate surface area is 135 Å². The molecule has 0 saturated carbocycles. The predicted octanol–water partition coefficient (Wildman–Crippen LogP) is 2.94. The third-order valence-electron chi connectivity index (χ3n) is 3.41. The van der Waals surface area contributed by atoms with E-state index >= 15 is 0 Å². The topological polar surface area (TPSA) is 90.1 Å². The third kappa shape index (κ3) is 3.91. The summed E-state index contributed by atoms with van der Waals surface area (Å²) in [5.74, 6) is 0.424. The highest BCUT2D eigenvalue weighted by Gasteiger charge is 2.29. The molecule has 0 saturated heterocycles. The van der Waals surface area contributed by atoms with E-state index < -0.39 is 12.1 Å². The smallest absolute Gasteiger partial charge is 0.427 e. The van der Waals surface area contributed by atoms with Gasteiger partial charge in [-0.15, -0.1) is 0 Å². The van der Waals surface area contributed by atoms with Crippen molar-refractivity contribution < 1.29 is 23.5 Å². The number of aryl methyl sites for hydroxylation is 1. The summed E-state index contributed by atoms with van der Waals surface area (Å²) >= 11 is 0. The first kappa shape index (κ1) is 17.1. The van der Waals surface area contributed by atoms with Gasteiger partial charge in [-0.2, -0.15) is 5.10 Å². The number of nitrogens with one attached hydrogen (secondary N) is 1. The average Bonchev–Trinajstić information content (AvgIpc) is 2.83. The summed E-state index contributed by atoms with van der Waals surface area (Å²) in [4.78, 5) is 23.5. The Morgan fingerprint density at radius 1 is 1.35 bits per heavy atom. The fourth-order valence-corrected chi connectivity index (χ4v) is 2.52. The highest BCUT2D eigenvalue weighted by molar-refractivity contribution is 6.06. The number of nitrogens with zero attached hydrogens (tertiary/aromatic N) is 1. The Hall–Kier alpha value is -2.31. The van der Waals surface area contributed by atoms with E-state index in [0.29, 0.717) is 23.5 Å². The van der Waals surface area contributed by atoms with Gasteiger partial charge in [0.05, 0.1) is 18.4 Å². The molecule has 2 rings (SSSR count). The van der Waals surface area contributed by atoms with E-state index in [0.717, 1.165) is 18.4 Å². The van der Waals surface area contributed by atoms with Gasteiger partial charge in [0.1, 0.15) is 5.76 Å². The maximum absolute atomic E-state index is 12.1. The standard InChI is InChI=1S/C16H22N2O5/c1-5-21-16(20)18-17-11-7-6-8-12-13(11)10(4)14(23-12)15(19)22-9(2)3/h9H,5-8H2,1-4H3,(H,18,20)/b17-11+. The first-order valence-corrected chi connectivity index (χ1v) is 7.77. The van der Waals surface area contributed by atoms with E-state index in [9.17, 15) is 9.59 Å². The van der Waals surface area contributed by atoms with Crippen LogP contribution in [0.3, 0.4) is 0 Å². The molecule has 7 nitrogen and oxygen atoms in total. The molecular weight excluding hydrogens is 300 g/mol. The SMILES string of the molecule is CCOC(=O)N/N=C1\CCCc2oc(C(=O)OC(C)C)c(C)c21. The lowest BCUT2D eigenvalue weighted by Gasteiger charge is -2.13. The molecule has 1 aliphatic carbocycles. The van der Waals surface area contributed by atoms with Crippen LogP contribution in [-0.4, -0.2) is 30.5 Å². The zero-order chi connectivity index (χ0) is 17.0. The van der Waals surface area contributed by atoms with Crippen molar-refractivity contribution in [2.75, 3.05) is 6.61 Å². The molecule has 0 aromatic carbocycles. The van der Waals surface area contributed by atoms with E-state index in [1.54, 1.807) is 27.7 Å². The van der Waals surface area contributed by atoms with Gasteiger partial charge in [-0.3, -0.25) is 0 Å². The van der Waals surface area contributed by atoms with E-state index in [2.05, 4.69) is 10.5 Å². The number of fused-ring (bicyclic) bond motifs is 1. The van der Waals surface area contributed by atoms with Crippen molar-refractivity contribution in [1.29, 1.82) is 0 Å². The van der Waals surface area contributed by atoms with Crippen LogP contribution in [0.15, 0.2) is 9.52 Å². The molecule has 0 fully saturated rings. The third-order valence-corrected chi connectivity index (χ3v) is 3.41. The molecule has 1 aliphatic rings. The minimum Gasteiger partial charge on any atom is -0.457 e. The van der Waals surface area contributed by atoms with Gasteiger partial charge in [-0.05, 0) is 40.5 Å².